The summed E-state index contributed by atoms with van der Waals surface area (Å²) in [7, 11) is 0. The molecule has 2 bridgehead atoms. The van der Waals surface area contributed by atoms with E-state index in [1.807, 2.05) is 19.1 Å². The van der Waals surface area contributed by atoms with Crippen molar-refractivity contribution in [2.24, 2.45) is 29.6 Å². The maximum atomic E-state index is 14.1. The van der Waals surface area contributed by atoms with Crippen molar-refractivity contribution >= 4 is 69.8 Å². The van der Waals surface area contributed by atoms with Crippen LogP contribution in [0, 0.1) is 29.6 Å². The average Bonchev–Trinajstić information content (AvgIpc) is 3.87. The molecule has 11 nitrogen and oxygen atoms in total. The molecule has 3 heterocycles. The smallest absolute Gasteiger partial charge is 0.338 e. The van der Waals surface area contributed by atoms with Crippen molar-refractivity contribution in [3.63, 3.8) is 0 Å². The van der Waals surface area contributed by atoms with Crippen LogP contribution in [-0.4, -0.2) is 53.7 Å². The third kappa shape index (κ3) is 5.88. The van der Waals surface area contributed by atoms with E-state index in [2.05, 4.69) is 10.3 Å². The lowest BCUT2D eigenvalue weighted by molar-refractivity contribution is -0.123. The minimum absolute atomic E-state index is 0.000595. The SMILES string of the molecule is CCOC(=O)c1ccc(NC(=O)COc2ccc([C@H]3c4sc(=O)[nH]c4SC4C5CC(C6C(=O)N(c7ccc(Cl)cc7)C(=O)C56)C43)cc2OCC)cc1. The molecular formula is C38H34ClN3O8S2. The van der Waals surface area contributed by atoms with Crippen molar-refractivity contribution in [1.82, 2.24) is 4.98 Å². The van der Waals surface area contributed by atoms with Gasteiger partial charge in [-0.15, -0.1) is 11.8 Å². The summed E-state index contributed by atoms with van der Waals surface area (Å²) in [5.74, 6) is -1.49. The topological polar surface area (TPSA) is 144 Å². The molecule has 3 amide bonds. The first-order valence-corrected chi connectivity index (χ1v) is 19.2. The van der Waals surface area contributed by atoms with Crippen LogP contribution in [0.4, 0.5) is 11.4 Å². The number of benzene rings is 3. The van der Waals surface area contributed by atoms with Gasteiger partial charge in [0.05, 0.1) is 41.3 Å². The van der Waals surface area contributed by atoms with Gasteiger partial charge in [0.15, 0.2) is 18.1 Å². The monoisotopic (exact) mass is 759 g/mol. The van der Waals surface area contributed by atoms with E-state index in [0.29, 0.717) is 40.1 Å². The molecule has 2 aliphatic heterocycles. The van der Waals surface area contributed by atoms with Gasteiger partial charge in [0.2, 0.25) is 11.8 Å². The standard InChI is InChI=1S/C38H34ClN3O8S2/c1-3-48-26-15-19(7-14-25(26)50-17-27(43)40-21-10-5-18(6-11-21)37(46)49-4-2)28-29-23-16-24(32(29)51-34-33(28)52-38(47)41-34)31-30(23)35(44)42(36(31)45)22-12-8-20(39)9-13-22/h5-15,23-24,28-32H,3-4,16-17H2,1-2H3,(H,40,43)(H,41,47)/t23?,24?,28-,29?,30?,31?,32?/m1/s1. The normalized spacial score (nSPS) is 25.4. The summed E-state index contributed by atoms with van der Waals surface area (Å²) in [4.78, 5) is 70.6. The van der Waals surface area contributed by atoms with Gasteiger partial charge in [-0.25, -0.2) is 4.79 Å². The Bertz CT molecular complexity index is 2130. The number of esters is 1. The molecule has 52 heavy (non-hydrogen) atoms. The van der Waals surface area contributed by atoms with Crippen LogP contribution in [0.25, 0.3) is 0 Å². The Morgan fingerprint density at radius 2 is 1.63 bits per heavy atom. The van der Waals surface area contributed by atoms with Crippen molar-refractivity contribution in [2.75, 3.05) is 30.0 Å². The maximum Gasteiger partial charge on any atom is 0.338 e. The van der Waals surface area contributed by atoms with Crippen molar-refractivity contribution in [3.8, 4) is 11.5 Å². The Morgan fingerprint density at radius 3 is 2.35 bits per heavy atom. The van der Waals surface area contributed by atoms with E-state index >= 15 is 0 Å². The van der Waals surface area contributed by atoms with Crippen LogP contribution in [0.5, 0.6) is 11.5 Å². The fourth-order valence-electron chi connectivity index (χ4n) is 8.58. The van der Waals surface area contributed by atoms with Crippen LogP contribution in [0.15, 0.2) is 76.6 Å². The van der Waals surface area contributed by atoms with Crippen LogP contribution in [0.3, 0.4) is 0 Å². The molecule has 2 aliphatic carbocycles. The van der Waals surface area contributed by atoms with Crippen LogP contribution < -0.4 is 24.6 Å². The number of fused-ring (bicyclic) bond motifs is 9. The number of imide groups is 1. The Balaban J connectivity index is 1.05. The fraction of sp³-hybridized carbons (Fsp3) is 0.342. The number of amides is 3. The number of thiazole rings is 1. The van der Waals surface area contributed by atoms with E-state index < -0.39 is 23.7 Å². The van der Waals surface area contributed by atoms with Crippen molar-refractivity contribution in [3.05, 3.63) is 97.4 Å². The summed E-state index contributed by atoms with van der Waals surface area (Å²) < 4.78 is 17.0. The van der Waals surface area contributed by atoms with Gasteiger partial charge in [-0.3, -0.25) is 24.1 Å². The number of carbonyl (C=O) groups is 4. The first kappa shape index (κ1) is 34.5. The third-order valence-corrected chi connectivity index (χ3v) is 13.3. The highest BCUT2D eigenvalue weighted by atomic mass is 35.5. The highest BCUT2D eigenvalue weighted by Gasteiger charge is 2.69. The summed E-state index contributed by atoms with van der Waals surface area (Å²) in [6.07, 6.45) is 0.763. The van der Waals surface area contributed by atoms with Crippen molar-refractivity contribution < 1.29 is 33.4 Å². The molecule has 7 atom stereocenters. The van der Waals surface area contributed by atoms with Crippen LogP contribution in [0.1, 0.15) is 47.0 Å². The predicted molar refractivity (Wildman–Crippen MR) is 197 cm³/mol. The predicted octanol–water partition coefficient (Wildman–Crippen LogP) is 6.36. The summed E-state index contributed by atoms with van der Waals surface area (Å²) in [5.41, 5.74) is 2.32. The first-order chi connectivity index (χ1) is 25.2. The lowest BCUT2D eigenvalue weighted by Gasteiger charge is -2.43. The van der Waals surface area contributed by atoms with E-state index in [-0.39, 0.29) is 58.8 Å². The third-order valence-electron chi connectivity index (χ3n) is 10.5. The molecule has 1 saturated heterocycles. The molecule has 1 aromatic heterocycles. The zero-order chi connectivity index (χ0) is 36.3. The molecule has 2 saturated carbocycles. The highest BCUT2D eigenvalue weighted by molar-refractivity contribution is 8.00. The second-order valence-corrected chi connectivity index (χ2v) is 15.9. The Morgan fingerprint density at radius 1 is 0.904 bits per heavy atom. The average molecular weight is 760 g/mol. The molecule has 6 unspecified atom stereocenters. The molecule has 8 rings (SSSR count). The van der Waals surface area contributed by atoms with E-state index in [9.17, 15) is 24.0 Å². The number of halogens is 1. The number of thioether (sulfide) groups is 1. The van der Waals surface area contributed by atoms with Crippen molar-refractivity contribution in [1.29, 1.82) is 0 Å². The molecule has 0 spiro atoms. The molecule has 4 aliphatic rings. The van der Waals surface area contributed by atoms with Crippen LogP contribution in [0.2, 0.25) is 5.02 Å². The van der Waals surface area contributed by atoms with Gasteiger partial charge >= 0.3 is 10.8 Å². The number of hydrogen-bond donors (Lipinski definition) is 2. The lowest BCUT2D eigenvalue weighted by Crippen LogP contribution is -2.42. The van der Waals surface area contributed by atoms with Gasteiger partial charge in [0.25, 0.3) is 5.91 Å². The number of H-pyrrole nitrogens is 1. The molecule has 3 aromatic carbocycles. The van der Waals surface area contributed by atoms with Crippen LogP contribution in [-0.2, 0) is 19.1 Å². The number of ether oxygens (including phenoxy) is 3. The van der Waals surface area contributed by atoms with E-state index in [1.165, 1.54) is 16.2 Å². The molecule has 2 N–H and O–H groups in total. The summed E-state index contributed by atoms with van der Waals surface area (Å²) in [6.45, 7) is 3.92. The number of nitrogens with one attached hydrogen (secondary N) is 2. The van der Waals surface area contributed by atoms with Gasteiger partial charge < -0.3 is 24.5 Å². The number of aromatic amines is 1. The van der Waals surface area contributed by atoms with E-state index in [4.69, 9.17) is 25.8 Å². The van der Waals surface area contributed by atoms with Gasteiger partial charge in [-0.05, 0) is 104 Å². The number of carbonyl (C=O) groups excluding carboxylic acids is 4. The number of anilines is 2. The molecule has 3 fully saturated rings. The van der Waals surface area contributed by atoms with Gasteiger partial charge in [-0.2, -0.15) is 0 Å². The molecule has 268 valence electrons. The van der Waals surface area contributed by atoms with Crippen LogP contribution >= 0.6 is 34.7 Å². The Labute approximate surface area is 312 Å². The molecular weight excluding hydrogens is 726 g/mol. The van der Waals surface area contributed by atoms with E-state index in [1.54, 1.807) is 73.3 Å². The largest absolute Gasteiger partial charge is 0.490 e. The second kappa shape index (κ2) is 13.8. The number of hydrogen-bond acceptors (Lipinski definition) is 10. The van der Waals surface area contributed by atoms with Gasteiger partial charge in [0, 0.05) is 26.8 Å². The second-order valence-electron chi connectivity index (χ2n) is 13.2. The Kier molecular flexibility index (Phi) is 9.12. The fourth-order valence-corrected chi connectivity index (χ4v) is 11.6. The summed E-state index contributed by atoms with van der Waals surface area (Å²) >= 11 is 8.91. The zero-order valence-electron chi connectivity index (χ0n) is 28.1. The number of aromatic nitrogens is 1. The number of nitrogens with zero attached hydrogens (tertiary/aromatic N) is 1. The Hall–Kier alpha value is -4.59. The minimum atomic E-state index is -0.441. The number of rotatable bonds is 10. The van der Waals surface area contributed by atoms with Gasteiger partial charge in [-0.1, -0.05) is 29.0 Å². The minimum Gasteiger partial charge on any atom is -0.490 e. The highest BCUT2D eigenvalue weighted by Crippen LogP contribution is 2.68. The summed E-state index contributed by atoms with van der Waals surface area (Å²) in [6, 6.07) is 18.8. The summed E-state index contributed by atoms with van der Waals surface area (Å²) in [5, 5.41) is 4.13. The zero-order valence-corrected chi connectivity index (χ0v) is 30.5. The first-order valence-electron chi connectivity index (χ1n) is 17.2. The van der Waals surface area contributed by atoms with Gasteiger partial charge in [0.1, 0.15) is 0 Å². The quantitative estimate of drug-likeness (QED) is 0.139. The lowest BCUT2D eigenvalue weighted by atomic mass is 9.68. The van der Waals surface area contributed by atoms with Crippen molar-refractivity contribution in [2.45, 2.75) is 36.5 Å². The molecule has 14 heteroatoms. The molecule has 4 aromatic rings. The molecule has 0 radical (unpaired) electrons. The van der Waals surface area contributed by atoms with E-state index in [0.717, 1.165) is 21.9 Å². The maximum absolute atomic E-state index is 14.1.